The summed E-state index contributed by atoms with van der Waals surface area (Å²) in [6.45, 7) is -0.681. The summed E-state index contributed by atoms with van der Waals surface area (Å²) >= 11 is 0. The van der Waals surface area contributed by atoms with Crippen molar-refractivity contribution in [1.82, 2.24) is 9.55 Å². The highest BCUT2D eigenvalue weighted by molar-refractivity contribution is 5.11. The van der Waals surface area contributed by atoms with Gasteiger partial charge in [0.25, 0.3) is 5.56 Å². The van der Waals surface area contributed by atoms with E-state index in [0.29, 0.717) is 0 Å². The van der Waals surface area contributed by atoms with Crippen LogP contribution in [0.5, 0.6) is 0 Å². The third kappa shape index (κ3) is 1.84. The molecule has 2 rings (SSSR count). The van der Waals surface area contributed by atoms with Crippen molar-refractivity contribution in [3.63, 3.8) is 0 Å². The molecule has 1 aliphatic heterocycles. The normalized spacial score (nSPS) is 31.2. The van der Waals surface area contributed by atoms with E-state index in [-0.39, 0.29) is 6.42 Å². The molecule has 3 atom stereocenters. The van der Waals surface area contributed by atoms with Gasteiger partial charge in [0.05, 0.1) is 6.61 Å². The average molecular weight is 253 g/mol. The number of aromatic amines is 1. The van der Waals surface area contributed by atoms with E-state index in [1.165, 1.54) is 6.20 Å². The minimum Gasteiger partial charge on any atom is -0.392 e. The van der Waals surface area contributed by atoms with Crippen LogP contribution in [0.2, 0.25) is 0 Å². The summed E-state index contributed by atoms with van der Waals surface area (Å²) in [6, 6.07) is 2.83. The zero-order valence-electron chi connectivity index (χ0n) is 9.24. The monoisotopic (exact) mass is 253 g/mol. The van der Waals surface area contributed by atoms with Crippen LogP contribution in [-0.2, 0) is 4.74 Å². The van der Waals surface area contributed by atoms with Gasteiger partial charge < -0.3 is 14.9 Å². The molecule has 1 saturated heterocycles. The van der Waals surface area contributed by atoms with Gasteiger partial charge in [-0.1, -0.05) is 0 Å². The average Bonchev–Trinajstić information content (AvgIpc) is 2.67. The van der Waals surface area contributed by atoms with E-state index in [1.807, 2.05) is 4.98 Å². The Bertz CT molecular complexity index is 601. The zero-order chi connectivity index (χ0) is 13.3. The third-order valence-electron chi connectivity index (χ3n) is 2.90. The third-order valence-corrected chi connectivity index (χ3v) is 2.90. The van der Waals surface area contributed by atoms with E-state index >= 15 is 0 Å². The molecule has 1 aliphatic rings. The van der Waals surface area contributed by atoms with Gasteiger partial charge in [0.15, 0.2) is 0 Å². The summed E-state index contributed by atoms with van der Waals surface area (Å²) in [4.78, 5) is 24.5. The maximum absolute atomic E-state index is 11.5. The Hall–Kier alpha value is -1.95. The summed E-state index contributed by atoms with van der Waals surface area (Å²) in [7, 11) is 0. The number of H-pyrrole nitrogens is 1. The van der Waals surface area contributed by atoms with E-state index in [2.05, 4.69) is 0 Å². The molecule has 0 aliphatic carbocycles. The first-order valence-corrected chi connectivity index (χ1v) is 5.22. The van der Waals surface area contributed by atoms with Gasteiger partial charge in [-0.2, -0.15) is 5.26 Å². The van der Waals surface area contributed by atoms with Gasteiger partial charge in [-0.15, -0.1) is 0 Å². The topological polar surface area (TPSA) is 128 Å². The summed E-state index contributed by atoms with van der Waals surface area (Å²) in [5.74, 6) is 0. The Kier molecular flexibility index (Phi) is 3.04. The second-order valence-corrected chi connectivity index (χ2v) is 4.00. The summed E-state index contributed by atoms with van der Waals surface area (Å²) in [5, 5.41) is 27.8. The van der Waals surface area contributed by atoms with Crippen LogP contribution in [0, 0.1) is 11.3 Å². The van der Waals surface area contributed by atoms with Crippen LogP contribution >= 0.6 is 0 Å². The van der Waals surface area contributed by atoms with Crippen molar-refractivity contribution < 1.29 is 14.9 Å². The molecule has 2 heterocycles. The molecule has 0 saturated carbocycles. The van der Waals surface area contributed by atoms with Crippen molar-refractivity contribution in [3.8, 4) is 6.07 Å². The highest BCUT2D eigenvalue weighted by Gasteiger charge is 2.49. The molecular weight excluding hydrogens is 242 g/mol. The highest BCUT2D eigenvalue weighted by atomic mass is 16.6. The maximum Gasteiger partial charge on any atom is 0.330 e. The van der Waals surface area contributed by atoms with Crippen LogP contribution in [0.25, 0.3) is 0 Å². The molecule has 1 fully saturated rings. The molecule has 0 aromatic carbocycles. The molecule has 0 spiro atoms. The van der Waals surface area contributed by atoms with E-state index in [1.54, 1.807) is 6.07 Å². The predicted molar refractivity (Wildman–Crippen MR) is 57.5 cm³/mol. The van der Waals surface area contributed by atoms with Crippen molar-refractivity contribution in [2.75, 3.05) is 6.61 Å². The SMILES string of the molecule is N#C[C@]1(CO)O[C@H](n2ccc(=O)[nH]c2=O)C[C@@H]1O. The first kappa shape index (κ1) is 12.5. The molecule has 18 heavy (non-hydrogen) atoms. The standard InChI is InChI=1S/C10H11N3O5/c11-4-10(5-14)6(15)3-8(18-10)13-2-1-7(16)12-9(13)17/h1-2,6,8,14-15H,3,5H2,(H,12,16,17)/t6-,8-,10+/m0/s1. The lowest BCUT2D eigenvalue weighted by atomic mass is 10.00. The lowest BCUT2D eigenvalue weighted by Gasteiger charge is -2.21. The number of aromatic nitrogens is 2. The fourth-order valence-corrected chi connectivity index (χ4v) is 1.85. The number of aliphatic hydroxyl groups excluding tert-OH is 2. The fraction of sp³-hybridized carbons (Fsp3) is 0.500. The van der Waals surface area contributed by atoms with E-state index in [4.69, 9.17) is 15.1 Å². The van der Waals surface area contributed by atoms with E-state index < -0.39 is 35.8 Å². The quantitative estimate of drug-likeness (QED) is 0.563. The van der Waals surface area contributed by atoms with E-state index in [9.17, 15) is 14.7 Å². The van der Waals surface area contributed by atoms with Crippen molar-refractivity contribution in [2.24, 2.45) is 0 Å². The molecule has 1 aromatic heterocycles. The van der Waals surface area contributed by atoms with Gasteiger partial charge in [0, 0.05) is 18.7 Å². The molecule has 0 unspecified atom stereocenters. The molecule has 0 amide bonds. The molecular formula is C10H11N3O5. The Labute approximate surface area is 101 Å². The molecule has 3 N–H and O–H groups in total. The number of hydrogen-bond donors (Lipinski definition) is 3. The van der Waals surface area contributed by atoms with Gasteiger partial charge in [0.1, 0.15) is 18.4 Å². The maximum atomic E-state index is 11.5. The molecule has 96 valence electrons. The van der Waals surface area contributed by atoms with Gasteiger partial charge >= 0.3 is 5.69 Å². The van der Waals surface area contributed by atoms with Gasteiger partial charge in [-0.05, 0) is 0 Å². The Morgan fingerprint density at radius 3 is 2.89 bits per heavy atom. The van der Waals surface area contributed by atoms with Crippen molar-refractivity contribution in [1.29, 1.82) is 5.26 Å². The Morgan fingerprint density at radius 1 is 1.67 bits per heavy atom. The van der Waals surface area contributed by atoms with Crippen LogP contribution in [-0.4, -0.2) is 38.1 Å². The molecule has 0 bridgehead atoms. The number of nitrogens with zero attached hydrogens (tertiary/aromatic N) is 2. The lowest BCUT2D eigenvalue weighted by molar-refractivity contribution is -0.0925. The first-order valence-electron chi connectivity index (χ1n) is 5.22. The van der Waals surface area contributed by atoms with E-state index in [0.717, 1.165) is 10.6 Å². The minimum atomic E-state index is -1.74. The number of nitriles is 1. The van der Waals surface area contributed by atoms with Crippen LogP contribution in [0.4, 0.5) is 0 Å². The first-order chi connectivity index (χ1) is 8.52. The van der Waals surface area contributed by atoms with Crippen molar-refractivity contribution in [2.45, 2.75) is 24.4 Å². The summed E-state index contributed by atoms with van der Waals surface area (Å²) in [6.07, 6.45) is -0.934. The summed E-state index contributed by atoms with van der Waals surface area (Å²) < 4.78 is 6.30. The number of rotatable bonds is 2. The fourth-order valence-electron chi connectivity index (χ4n) is 1.85. The summed E-state index contributed by atoms with van der Waals surface area (Å²) in [5.41, 5.74) is -2.99. The largest absolute Gasteiger partial charge is 0.392 e. The van der Waals surface area contributed by atoms with Crippen LogP contribution in [0.3, 0.4) is 0 Å². The second-order valence-electron chi connectivity index (χ2n) is 4.00. The smallest absolute Gasteiger partial charge is 0.330 e. The predicted octanol–water partition coefficient (Wildman–Crippen LogP) is -1.93. The van der Waals surface area contributed by atoms with Crippen LogP contribution in [0.1, 0.15) is 12.6 Å². The van der Waals surface area contributed by atoms with Gasteiger partial charge in [-0.3, -0.25) is 14.3 Å². The minimum absolute atomic E-state index is 0.0277. The van der Waals surface area contributed by atoms with Crippen LogP contribution in [0.15, 0.2) is 21.9 Å². The number of hydrogen-bond acceptors (Lipinski definition) is 6. The number of aliphatic hydroxyl groups is 2. The molecule has 0 radical (unpaired) electrons. The lowest BCUT2D eigenvalue weighted by Crippen LogP contribution is -2.41. The van der Waals surface area contributed by atoms with Gasteiger partial charge in [-0.25, -0.2) is 4.79 Å². The number of ether oxygens (including phenoxy) is 1. The Morgan fingerprint density at radius 2 is 2.39 bits per heavy atom. The Balaban J connectivity index is 2.36. The molecule has 8 heteroatoms. The van der Waals surface area contributed by atoms with Crippen molar-refractivity contribution in [3.05, 3.63) is 33.1 Å². The molecule has 1 aromatic rings. The number of nitrogens with one attached hydrogen (secondary N) is 1. The zero-order valence-corrected chi connectivity index (χ0v) is 9.24. The molecule has 8 nitrogen and oxygen atoms in total. The van der Waals surface area contributed by atoms with Crippen molar-refractivity contribution >= 4 is 0 Å². The second kappa shape index (κ2) is 4.38. The van der Waals surface area contributed by atoms with Crippen LogP contribution < -0.4 is 11.2 Å². The van der Waals surface area contributed by atoms with Gasteiger partial charge in [0.2, 0.25) is 5.60 Å². The highest BCUT2D eigenvalue weighted by Crippen LogP contribution is 2.35.